The largest absolute Gasteiger partial charge is 0.495 e. The molecule has 8 nitrogen and oxygen atoms in total. The lowest BCUT2D eigenvalue weighted by atomic mass is 10.1. The molecule has 0 heterocycles. The first-order chi connectivity index (χ1) is 18.9. The molecule has 0 saturated heterocycles. The number of benzene rings is 3. The number of rotatable bonds is 12. The van der Waals surface area contributed by atoms with Crippen molar-refractivity contribution in [2.24, 2.45) is 0 Å². The number of sulfonamides is 1. The molecule has 1 N–H and O–H groups in total. The van der Waals surface area contributed by atoms with Gasteiger partial charge >= 0.3 is 0 Å². The van der Waals surface area contributed by atoms with Gasteiger partial charge in [-0.1, -0.05) is 59.6 Å². The molecule has 0 aliphatic heterocycles. The Kier molecular flexibility index (Phi) is 10.6. The van der Waals surface area contributed by atoms with Crippen molar-refractivity contribution in [3.8, 4) is 5.75 Å². The number of amides is 2. The summed E-state index contributed by atoms with van der Waals surface area (Å²) in [5, 5.41) is 3.04. The highest BCUT2D eigenvalue weighted by Crippen LogP contribution is 2.32. The van der Waals surface area contributed by atoms with Crippen LogP contribution in [0.5, 0.6) is 5.75 Å². The molecule has 10 heteroatoms. The maximum absolute atomic E-state index is 13.9. The van der Waals surface area contributed by atoms with Crippen molar-refractivity contribution in [1.82, 2.24) is 10.2 Å². The average Bonchev–Trinajstić information content (AvgIpc) is 2.92. The van der Waals surface area contributed by atoms with Crippen LogP contribution in [-0.4, -0.2) is 57.4 Å². The van der Waals surface area contributed by atoms with Crippen LogP contribution in [0.1, 0.15) is 31.9 Å². The van der Waals surface area contributed by atoms with Crippen LogP contribution >= 0.6 is 11.6 Å². The zero-order valence-electron chi connectivity index (χ0n) is 23.4. The number of hydrogen-bond acceptors (Lipinski definition) is 5. The zero-order chi connectivity index (χ0) is 29.4. The highest BCUT2D eigenvalue weighted by Gasteiger charge is 2.32. The fourth-order valence-corrected chi connectivity index (χ4v) is 5.81. The third kappa shape index (κ3) is 7.76. The number of hydrogen-bond donors (Lipinski definition) is 1. The minimum Gasteiger partial charge on any atom is -0.495 e. The molecule has 0 aliphatic carbocycles. The van der Waals surface area contributed by atoms with Crippen molar-refractivity contribution in [2.75, 3.05) is 24.5 Å². The molecule has 0 bridgehead atoms. The normalized spacial score (nSPS) is 12.1. The highest BCUT2D eigenvalue weighted by atomic mass is 35.5. The second-order valence-electron chi connectivity index (χ2n) is 9.81. The molecular formula is C30H36ClN3O5S. The van der Waals surface area contributed by atoms with Crippen LogP contribution in [-0.2, 0) is 26.0 Å². The van der Waals surface area contributed by atoms with Crippen LogP contribution in [0.3, 0.4) is 0 Å². The van der Waals surface area contributed by atoms with Gasteiger partial charge in [0.05, 0.1) is 22.7 Å². The predicted molar refractivity (Wildman–Crippen MR) is 158 cm³/mol. The topological polar surface area (TPSA) is 96.0 Å². The first-order valence-electron chi connectivity index (χ1n) is 13.0. The quantitative estimate of drug-likeness (QED) is 0.328. The second-order valence-corrected chi connectivity index (χ2v) is 12.1. The number of nitrogens with zero attached hydrogens (tertiary/aromatic N) is 2. The minimum atomic E-state index is -4.18. The van der Waals surface area contributed by atoms with E-state index in [1.807, 2.05) is 51.1 Å². The Labute approximate surface area is 241 Å². The Morgan fingerprint density at radius 1 is 0.975 bits per heavy atom. The highest BCUT2D eigenvalue weighted by molar-refractivity contribution is 7.92. The summed E-state index contributed by atoms with van der Waals surface area (Å²) >= 11 is 6.35. The average molecular weight is 586 g/mol. The van der Waals surface area contributed by atoms with Crippen molar-refractivity contribution in [3.63, 3.8) is 0 Å². The lowest BCUT2D eigenvalue weighted by molar-refractivity contribution is -0.139. The van der Waals surface area contributed by atoms with E-state index in [2.05, 4.69) is 5.32 Å². The molecule has 3 aromatic rings. The molecule has 0 spiro atoms. The molecule has 0 aromatic heterocycles. The van der Waals surface area contributed by atoms with Crippen LogP contribution in [0.2, 0.25) is 5.02 Å². The zero-order valence-corrected chi connectivity index (χ0v) is 25.0. The van der Waals surface area contributed by atoms with Crippen molar-refractivity contribution < 1.29 is 22.7 Å². The number of carbonyl (C=O) groups is 2. The summed E-state index contributed by atoms with van der Waals surface area (Å²) in [7, 11) is -2.72. The van der Waals surface area contributed by atoms with E-state index in [9.17, 15) is 18.0 Å². The van der Waals surface area contributed by atoms with Crippen molar-refractivity contribution in [2.45, 2.75) is 51.1 Å². The van der Waals surface area contributed by atoms with Crippen LogP contribution in [0, 0.1) is 6.92 Å². The second kappa shape index (κ2) is 13.7. The Morgan fingerprint density at radius 2 is 1.62 bits per heavy atom. The van der Waals surface area contributed by atoms with E-state index in [0.717, 1.165) is 15.4 Å². The molecule has 0 radical (unpaired) electrons. The number of carbonyl (C=O) groups excluding carboxylic acids is 2. The van der Waals surface area contributed by atoms with Crippen molar-refractivity contribution in [1.29, 1.82) is 0 Å². The monoisotopic (exact) mass is 585 g/mol. The van der Waals surface area contributed by atoms with Gasteiger partial charge in [0.2, 0.25) is 11.8 Å². The summed E-state index contributed by atoms with van der Waals surface area (Å²) in [4.78, 5) is 28.3. The third-order valence-electron chi connectivity index (χ3n) is 6.39. The number of methoxy groups -OCH3 is 1. The standard InChI is InChI=1S/C30H36ClN3O5S/c1-21(2)32-30(36)23(4)33(18-17-24-9-7-6-8-10-24)29(35)20-34(25-13-16-28(39-5)27(31)19-25)40(37,38)26-14-11-22(3)12-15-26/h6-16,19,21,23H,17-18,20H2,1-5H3,(H,32,36). The van der Waals surface area contributed by atoms with Gasteiger partial charge in [-0.15, -0.1) is 0 Å². The van der Waals surface area contributed by atoms with Gasteiger partial charge in [0.1, 0.15) is 18.3 Å². The van der Waals surface area contributed by atoms with E-state index in [-0.39, 0.29) is 34.1 Å². The van der Waals surface area contributed by atoms with E-state index in [1.54, 1.807) is 25.1 Å². The van der Waals surface area contributed by atoms with E-state index in [4.69, 9.17) is 16.3 Å². The van der Waals surface area contributed by atoms with Gasteiger partial charge in [-0.2, -0.15) is 0 Å². The summed E-state index contributed by atoms with van der Waals surface area (Å²) in [6.07, 6.45) is 0.491. The van der Waals surface area contributed by atoms with Crippen LogP contribution < -0.4 is 14.4 Å². The van der Waals surface area contributed by atoms with Gasteiger partial charge in [-0.05, 0) is 70.0 Å². The van der Waals surface area contributed by atoms with Crippen molar-refractivity contribution >= 4 is 39.1 Å². The number of anilines is 1. The van der Waals surface area contributed by atoms with Crippen molar-refractivity contribution in [3.05, 3.63) is 88.9 Å². The van der Waals surface area contributed by atoms with E-state index in [1.165, 1.54) is 36.3 Å². The van der Waals surface area contributed by atoms with Gasteiger partial charge in [0, 0.05) is 12.6 Å². The molecule has 3 rings (SSSR count). The molecule has 2 amide bonds. The summed E-state index contributed by atoms with van der Waals surface area (Å²) in [5.41, 5.74) is 2.08. The lowest BCUT2D eigenvalue weighted by Gasteiger charge is -2.32. The van der Waals surface area contributed by atoms with Gasteiger partial charge in [-0.3, -0.25) is 13.9 Å². The Bertz CT molecular complexity index is 1410. The van der Waals surface area contributed by atoms with E-state index < -0.39 is 28.5 Å². The van der Waals surface area contributed by atoms with Crippen LogP contribution in [0.25, 0.3) is 0 Å². The fraction of sp³-hybridized carbons (Fsp3) is 0.333. The molecule has 0 fully saturated rings. The Hall–Kier alpha value is -3.56. The minimum absolute atomic E-state index is 0.0271. The molecule has 0 aliphatic rings. The molecule has 1 unspecified atom stereocenters. The number of ether oxygens (including phenoxy) is 1. The van der Waals surface area contributed by atoms with E-state index >= 15 is 0 Å². The molecular weight excluding hydrogens is 550 g/mol. The molecule has 3 aromatic carbocycles. The summed E-state index contributed by atoms with van der Waals surface area (Å²) in [5.74, 6) is -0.477. The van der Waals surface area contributed by atoms with Gasteiger partial charge < -0.3 is 15.0 Å². The Morgan fingerprint density at radius 3 is 2.20 bits per heavy atom. The van der Waals surface area contributed by atoms with Gasteiger partial charge in [-0.25, -0.2) is 8.42 Å². The maximum Gasteiger partial charge on any atom is 0.264 e. The first-order valence-corrected chi connectivity index (χ1v) is 14.8. The first kappa shape index (κ1) is 31.0. The smallest absolute Gasteiger partial charge is 0.264 e. The SMILES string of the molecule is COc1ccc(N(CC(=O)N(CCc2ccccc2)C(C)C(=O)NC(C)C)S(=O)(=O)c2ccc(C)cc2)cc1Cl. The summed E-state index contributed by atoms with van der Waals surface area (Å²) in [6.45, 7) is 6.86. The number of aryl methyl sites for hydroxylation is 1. The van der Waals surface area contributed by atoms with Crippen LogP contribution in [0.4, 0.5) is 5.69 Å². The molecule has 40 heavy (non-hydrogen) atoms. The number of nitrogens with one attached hydrogen (secondary N) is 1. The Balaban J connectivity index is 2.02. The maximum atomic E-state index is 13.9. The number of halogens is 1. The molecule has 1 atom stereocenters. The van der Waals surface area contributed by atoms with E-state index in [0.29, 0.717) is 12.2 Å². The molecule has 214 valence electrons. The third-order valence-corrected chi connectivity index (χ3v) is 8.48. The van der Waals surface area contributed by atoms with Crippen LogP contribution in [0.15, 0.2) is 77.7 Å². The lowest BCUT2D eigenvalue weighted by Crippen LogP contribution is -2.53. The molecule has 0 saturated carbocycles. The van der Waals surface area contributed by atoms with Gasteiger partial charge in [0.25, 0.3) is 10.0 Å². The van der Waals surface area contributed by atoms with Gasteiger partial charge in [0.15, 0.2) is 0 Å². The fourth-order valence-electron chi connectivity index (χ4n) is 4.15. The summed E-state index contributed by atoms with van der Waals surface area (Å²) in [6, 6.07) is 19.5. The predicted octanol–water partition coefficient (Wildman–Crippen LogP) is 4.84. The summed E-state index contributed by atoms with van der Waals surface area (Å²) < 4.78 is 34.0.